The molecule has 0 aliphatic carbocycles. The van der Waals surface area contributed by atoms with Gasteiger partial charge >= 0.3 is 0 Å². The molecule has 0 nitrogen and oxygen atoms in total. The summed E-state index contributed by atoms with van der Waals surface area (Å²) in [5.74, 6) is 0. The van der Waals surface area contributed by atoms with Gasteiger partial charge in [0.1, 0.15) is 6.71 Å². The normalized spacial score (nSPS) is 9.38. The zero-order valence-electron chi connectivity index (χ0n) is 6.41. The third kappa shape index (κ3) is 6.06. The van der Waals surface area contributed by atoms with Gasteiger partial charge in [0.05, 0.1) is 0 Å². The molecule has 8 heavy (non-hydrogen) atoms. The summed E-state index contributed by atoms with van der Waals surface area (Å²) in [5.41, 5.74) is 0. The maximum Gasteiger partial charge on any atom is 0.133 e. The highest BCUT2D eigenvalue weighted by Gasteiger charge is 1.95. The maximum absolute atomic E-state index is 2.29. The minimum Gasteiger partial charge on any atom is -0.0863 e. The van der Waals surface area contributed by atoms with Crippen LogP contribution in [0.2, 0.25) is 20.0 Å². The Hall–Kier alpha value is 0.0649. The molecule has 1 heteroatoms. The molecule has 0 N–H and O–H groups in total. The van der Waals surface area contributed by atoms with Gasteiger partial charge in [-0.2, -0.15) is 0 Å². The van der Waals surface area contributed by atoms with Crippen LogP contribution in [0.15, 0.2) is 0 Å². The predicted molar refractivity (Wildman–Crippen MR) is 41.8 cm³/mol. The Morgan fingerprint density at radius 1 is 1.12 bits per heavy atom. The quantitative estimate of drug-likeness (QED) is 0.387. The van der Waals surface area contributed by atoms with E-state index in [1.807, 2.05) is 0 Å². The van der Waals surface area contributed by atoms with E-state index in [0.717, 1.165) is 6.71 Å². The molecule has 48 valence electrons. The van der Waals surface area contributed by atoms with Crippen molar-refractivity contribution in [1.82, 2.24) is 0 Å². The van der Waals surface area contributed by atoms with Crippen molar-refractivity contribution >= 4 is 6.71 Å². The molecule has 0 heterocycles. The second-order valence-electron chi connectivity index (χ2n) is 2.89. The Balaban J connectivity index is 2.72. The van der Waals surface area contributed by atoms with Gasteiger partial charge in [-0.25, -0.2) is 0 Å². The van der Waals surface area contributed by atoms with E-state index in [2.05, 4.69) is 20.6 Å². The number of unbranched alkanes of at least 4 members (excludes halogenated alkanes) is 2. The van der Waals surface area contributed by atoms with Gasteiger partial charge in [-0.1, -0.05) is 46.2 Å². The van der Waals surface area contributed by atoms with Crippen molar-refractivity contribution in [2.75, 3.05) is 0 Å². The Kier molecular flexibility index (Phi) is 5.25. The monoisotopic (exact) mass is 112 g/mol. The second kappa shape index (κ2) is 5.21. The second-order valence-corrected chi connectivity index (χ2v) is 2.89. The summed E-state index contributed by atoms with van der Waals surface area (Å²) in [7, 11) is 0. The molecule has 0 saturated heterocycles. The van der Waals surface area contributed by atoms with Crippen LogP contribution in [-0.4, -0.2) is 6.71 Å². The molecule has 0 fully saturated rings. The van der Waals surface area contributed by atoms with Gasteiger partial charge in [-0.15, -0.1) is 0 Å². The summed E-state index contributed by atoms with van der Waals surface area (Å²) in [6.45, 7) is 7.73. The zero-order valence-corrected chi connectivity index (χ0v) is 6.41. The third-order valence-electron chi connectivity index (χ3n) is 1.39. The smallest absolute Gasteiger partial charge is 0.0863 e. The summed E-state index contributed by atoms with van der Waals surface area (Å²) >= 11 is 0. The first-order chi connectivity index (χ1) is 3.77. The Morgan fingerprint density at radius 3 is 2.12 bits per heavy atom. The van der Waals surface area contributed by atoms with Crippen molar-refractivity contribution in [3.63, 3.8) is 0 Å². The molecule has 0 bridgehead atoms. The van der Waals surface area contributed by atoms with E-state index in [1.54, 1.807) is 0 Å². The number of rotatable bonds is 4. The summed E-state index contributed by atoms with van der Waals surface area (Å²) in [5, 5.41) is 0. The van der Waals surface area contributed by atoms with Crippen molar-refractivity contribution in [2.45, 2.75) is 46.2 Å². The summed E-state index contributed by atoms with van der Waals surface area (Å²) in [6.07, 6.45) is 5.60. The van der Waals surface area contributed by atoms with E-state index < -0.39 is 0 Å². The van der Waals surface area contributed by atoms with Crippen LogP contribution in [0.1, 0.15) is 26.2 Å². The van der Waals surface area contributed by atoms with Gasteiger partial charge in [0, 0.05) is 0 Å². The first kappa shape index (κ1) is 8.06. The van der Waals surface area contributed by atoms with Crippen LogP contribution in [0.4, 0.5) is 0 Å². The van der Waals surface area contributed by atoms with E-state index in [-0.39, 0.29) is 0 Å². The largest absolute Gasteiger partial charge is 0.133 e. The first-order valence-corrected chi connectivity index (χ1v) is 3.77. The highest BCUT2D eigenvalue weighted by atomic mass is 13.8. The zero-order chi connectivity index (χ0) is 6.41. The van der Waals surface area contributed by atoms with Crippen molar-refractivity contribution < 1.29 is 0 Å². The average molecular weight is 112 g/mol. The van der Waals surface area contributed by atoms with Crippen molar-refractivity contribution in [1.29, 1.82) is 0 Å². The van der Waals surface area contributed by atoms with Crippen LogP contribution in [0.5, 0.6) is 0 Å². The molecule has 0 aromatic heterocycles. The lowest BCUT2D eigenvalue weighted by molar-refractivity contribution is 0.766. The lowest BCUT2D eigenvalue weighted by Crippen LogP contribution is -1.97. The highest BCUT2D eigenvalue weighted by Crippen LogP contribution is 2.02. The van der Waals surface area contributed by atoms with Crippen LogP contribution < -0.4 is 0 Å². The van der Waals surface area contributed by atoms with Crippen molar-refractivity contribution in [3.8, 4) is 0 Å². The van der Waals surface area contributed by atoms with Gasteiger partial charge in [-0.3, -0.25) is 0 Å². The minimum atomic E-state index is 0.904. The van der Waals surface area contributed by atoms with E-state index in [4.69, 9.17) is 0 Å². The Labute approximate surface area is 53.8 Å². The number of hydrogen-bond donors (Lipinski definition) is 0. The maximum atomic E-state index is 2.29. The first-order valence-electron chi connectivity index (χ1n) is 3.77. The fraction of sp³-hybridized carbons (Fsp3) is 1.00. The summed E-state index contributed by atoms with van der Waals surface area (Å²) in [4.78, 5) is 0. The van der Waals surface area contributed by atoms with Gasteiger partial charge in [0.2, 0.25) is 0 Å². The van der Waals surface area contributed by atoms with Crippen LogP contribution >= 0.6 is 0 Å². The molecule has 0 aromatic carbocycles. The van der Waals surface area contributed by atoms with Gasteiger partial charge in [0.25, 0.3) is 0 Å². The molecule has 0 atom stereocenters. The third-order valence-corrected chi connectivity index (χ3v) is 1.39. The highest BCUT2D eigenvalue weighted by molar-refractivity contribution is 6.55. The fourth-order valence-electron chi connectivity index (χ4n) is 0.803. The van der Waals surface area contributed by atoms with Crippen LogP contribution in [0.25, 0.3) is 0 Å². The lowest BCUT2D eigenvalue weighted by Gasteiger charge is -1.97. The molecule has 0 aromatic rings. The molecule has 0 aliphatic rings. The van der Waals surface area contributed by atoms with E-state index >= 15 is 0 Å². The van der Waals surface area contributed by atoms with Gasteiger partial charge in [-0.05, 0) is 0 Å². The summed E-state index contributed by atoms with van der Waals surface area (Å²) in [6, 6.07) is 0. The van der Waals surface area contributed by atoms with Gasteiger partial charge in [0.15, 0.2) is 0 Å². The fourth-order valence-corrected chi connectivity index (χ4v) is 0.803. The van der Waals surface area contributed by atoms with Crippen molar-refractivity contribution in [2.24, 2.45) is 0 Å². The van der Waals surface area contributed by atoms with E-state index in [0.29, 0.717) is 0 Å². The molecule has 0 saturated carbocycles. The molecular weight excluding hydrogens is 94.9 g/mol. The molecule has 0 radical (unpaired) electrons. The summed E-state index contributed by atoms with van der Waals surface area (Å²) < 4.78 is 0. The van der Waals surface area contributed by atoms with Crippen LogP contribution in [0, 0.1) is 0 Å². The Bertz CT molecular complexity index is 41.7. The van der Waals surface area contributed by atoms with Crippen molar-refractivity contribution in [3.05, 3.63) is 0 Å². The van der Waals surface area contributed by atoms with E-state index in [9.17, 15) is 0 Å². The van der Waals surface area contributed by atoms with Crippen LogP contribution in [-0.2, 0) is 0 Å². The van der Waals surface area contributed by atoms with Gasteiger partial charge < -0.3 is 0 Å². The molecule has 0 aliphatic heterocycles. The minimum absolute atomic E-state index is 0.904. The van der Waals surface area contributed by atoms with E-state index in [1.165, 1.54) is 25.6 Å². The molecule has 0 unspecified atom stereocenters. The average Bonchev–Trinajstić information content (AvgIpc) is 1.66. The number of hydrogen-bond acceptors (Lipinski definition) is 0. The molecule has 0 amide bonds. The lowest BCUT2D eigenvalue weighted by atomic mass is 9.51. The molecular formula is C7H17B. The Morgan fingerprint density at radius 2 is 1.75 bits per heavy atom. The van der Waals surface area contributed by atoms with Crippen LogP contribution in [0.3, 0.4) is 0 Å². The molecule has 0 spiro atoms. The molecule has 0 rings (SSSR count). The SMILES string of the molecule is CCCCCB(C)C. The topological polar surface area (TPSA) is 0 Å². The standard InChI is InChI=1S/C7H17B/c1-4-5-6-7-8(2)3/h4-7H2,1-3H3. The predicted octanol–water partition coefficient (Wildman–Crippen LogP) is 2.93.